The predicted octanol–water partition coefficient (Wildman–Crippen LogP) is 3.97. The van der Waals surface area contributed by atoms with E-state index in [9.17, 15) is 4.79 Å². The summed E-state index contributed by atoms with van der Waals surface area (Å²) in [6.45, 7) is 4.99. The smallest absolute Gasteiger partial charge is 0.219 e. The maximum atomic E-state index is 12.0. The lowest BCUT2D eigenvalue weighted by molar-refractivity contribution is -0.130. The Hall–Kier alpha value is -1.82. The topological polar surface area (TPSA) is 41.4 Å². The van der Waals surface area contributed by atoms with Crippen LogP contribution in [-0.4, -0.2) is 33.4 Å². The molecule has 2 aliphatic heterocycles. The molecule has 2 aromatic rings. The van der Waals surface area contributed by atoms with E-state index in [0.29, 0.717) is 12.5 Å². The molecule has 0 bridgehead atoms. The zero-order valence-corrected chi connectivity index (χ0v) is 16.6. The van der Waals surface area contributed by atoms with Gasteiger partial charge in [0.2, 0.25) is 5.91 Å². The largest absolute Gasteiger partial charge is 0.335 e. The van der Waals surface area contributed by atoms with Gasteiger partial charge in [-0.05, 0) is 49.4 Å². The predicted molar refractivity (Wildman–Crippen MR) is 105 cm³/mol. The van der Waals surface area contributed by atoms with Gasteiger partial charge in [0, 0.05) is 42.6 Å². The molecule has 136 valence electrons. The van der Waals surface area contributed by atoms with E-state index in [1.165, 1.54) is 35.6 Å². The molecule has 6 heteroatoms. The van der Waals surface area contributed by atoms with Gasteiger partial charge in [0.1, 0.15) is 5.82 Å². The van der Waals surface area contributed by atoms with Crippen molar-refractivity contribution >= 4 is 33.3 Å². The van der Waals surface area contributed by atoms with Gasteiger partial charge in [-0.25, -0.2) is 4.98 Å². The van der Waals surface area contributed by atoms with Crippen LogP contribution in [0.15, 0.2) is 22.7 Å². The third-order valence-electron chi connectivity index (χ3n) is 5.82. The van der Waals surface area contributed by atoms with E-state index in [0.717, 1.165) is 42.8 Å². The van der Waals surface area contributed by atoms with E-state index in [1.54, 1.807) is 6.92 Å². The minimum Gasteiger partial charge on any atom is -0.335 e. The maximum absolute atomic E-state index is 12.0. The van der Waals surface area contributed by atoms with Crippen LogP contribution in [0, 0.1) is 0 Å². The molecule has 1 saturated carbocycles. The van der Waals surface area contributed by atoms with Crippen LogP contribution in [0.25, 0.3) is 0 Å². The molecule has 0 radical (unpaired) electrons. The first-order valence-electron chi connectivity index (χ1n) is 9.52. The van der Waals surface area contributed by atoms with Crippen molar-refractivity contribution in [1.82, 2.24) is 14.5 Å². The molecule has 3 aliphatic rings. The number of amides is 1. The summed E-state index contributed by atoms with van der Waals surface area (Å²) in [5, 5.41) is 0. The summed E-state index contributed by atoms with van der Waals surface area (Å²) >= 11 is 3.60. The highest BCUT2D eigenvalue weighted by molar-refractivity contribution is 9.10. The van der Waals surface area contributed by atoms with E-state index in [1.807, 2.05) is 4.90 Å². The van der Waals surface area contributed by atoms with Gasteiger partial charge in [-0.3, -0.25) is 4.79 Å². The SMILES string of the molecule is CC(=O)N1CCn2c(C3CC3)nc(N3CCCc4cc(Br)ccc43)c2C1. The molecule has 0 spiro atoms. The molecule has 5 nitrogen and oxygen atoms in total. The Labute approximate surface area is 162 Å². The van der Waals surface area contributed by atoms with E-state index in [4.69, 9.17) is 4.98 Å². The van der Waals surface area contributed by atoms with Crippen molar-refractivity contribution in [2.24, 2.45) is 0 Å². The molecule has 1 fully saturated rings. The fourth-order valence-electron chi connectivity index (χ4n) is 4.30. The van der Waals surface area contributed by atoms with E-state index in [-0.39, 0.29) is 5.91 Å². The number of carbonyl (C=O) groups is 1. The van der Waals surface area contributed by atoms with Crippen LogP contribution in [0.5, 0.6) is 0 Å². The fraction of sp³-hybridized carbons (Fsp3) is 0.500. The fourth-order valence-corrected chi connectivity index (χ4v) is 4.71. The number of aromatic nitrogens is 2. The first-order valence-corrected chi connectivity index (χ1v) is 10.3. The lowest BCUT2D eigenvalue weighted by Gasteiger charge is -2.33. The number of fused-ring (bicyclic) bond motifs is 2. The zero-order valence-electron chi connectivity index (χ0n) is 15.0. The van der Waals surface area contributed by atoms with Crippen molar-refractivity contribution in [1.29, 1.82) is 0 Å². The van der Waals surface area contributed by atoms with Crippen molar-refractivity contribution < 1.29 is 4.79 Å². The van der Waals surface area contributed by atoms with Crippen LogP contribution in [0.1, 0.15) is 49.2 Å². The number of hydrogen-bond acceptors (Lipinski definition) is 3. The molecular weight excluding hydrogens is 392 g/mol. The van der Waals surface area contributed by atoms with Crippen LogP contribution in [-0.2, 0) is 24.3 Å². The second kappa shape index (κ2) is 6.12. The van der Waals surface area contributed by atoms with Crippen LogP contribution < -0.4 is 4.90 Å². The number of halogens is 1. The summed E-state index contributed by atoms with van der Waals surface area (Å²) < 4.78 is 3.53. The number of rotatable bonds is 2. The number of anilines is 2. The van der Waals surface area contributed by atoms with Crippen LogP contribution >= 0.6 is 15.9 Å². The normalized spacial score (nSPS) is 19.3. The Morgan fingerprint density at radius 2 is 2.08 bits per heavy atom. The second-order valence-electron chi connectivity index (χ2n) is 7.64. The maximum Gasteiger partial charge on any atom is 0.219 e. The third-order valence-corrected chi connectivity index (χ3v) is 6.31. The lowest BCUT2D eigenvalue weighted by Crippen LogP contribution is -2.38. The molecule has 5 rings (SSSR count). The first-order chi connectivity index (χ1) is 12.6. The van der Waals surface area contributed by atoms with Crippen molar-refractivity contribution in [3.63, 3.8) is 0 Å². The summed E-state index contributed by atoms with van der Waals surface area (Å²) in [5.74, 6) is 3.07. The minimum atomic E-state index is 0.152. The standard InChI is InChI=1S/C20H23BrN4O/c1-13(26)23-9-10-25-18(12-23)20(22-19(25)14-4-5-14)24-8-2-3-15-11-16(21)6-7-17(15)24/h6-7,11,14H,2-5,8-10,12H2,1H3. The number of nitrogens with zero attached hydrogens (tertiary/aromatic N) is 4. The highest BCUT2D eigenvalue weighted by Gasteiger charge is 2.36. The van der Waals surface area contributed by atoms with Gasteiger partial charge in [-0.1, -0.05) is 15.9 Å². The van der Waals surface area contributed by atoms with Crippen molar-refractivity contribution in [2.75, 3.05) is 18.0 Å². The highest BCUT2D eigenvalue weighted by Crippen LogP contribution is 2.44. The van der Waals surface area contributed by atoms with Crippen molar-refractivity contribution in [2.45, 2.75) is 51.6 Å². The average molecular weight is 415 g/mol. The molecule has 0 saturated heterocycles. The minimum absolute atomic E-state index is 0.152. The number of aryl methyl sites for hydroxylation is 1. The molecular formula is C20H23BrN4O. The van der Waals surface area contributed by atoms with Crippen LogP contribution in [0.3, 0.4) is 0 Å². The van der Waals surface area contributed by atoms with Crippen LogP contribution in [0.4, 0.5) is 11.5 Å². The molecule has 0 unspecified atom stereocenters. The van der Waals surface area contributed by atoms with E-state index < -0.39 is 0 Å². The number of hydrogen-bond donors (Lipinski definition) is 0. The molecule has 1 aromatic heterocycles. The molecule has 0 atom stereocenters. The van der Waals surface area contributed by atoms with Gasteiger partial charge >= 0.3 is 0 Å². The summed E-state index contributed by atoms with van der Waals surface area (Å²) in [6, 6.07) is 6.55. The summed E-state index contributed by atoms with van der Waals surface area (Å²) in [6.07, 6.45) is 4.73. The quantitative estimate of drug-likeness (QED) is 0.746. The molecule has 1 amide bonds. The van der Waals surface area contributed by atoms with Gasteiger partial charge in [0.15, 0.2) is 5.82 Å². The zero-order chi connectivity index (χ0) is 17.8. The highest BCUT2D eigenvalue weighted by atomic mass is 79.9. The van der Waals surface area contributed by atoms with Gasteiger partial charge in [-0.2, -0.15) is 0 Å². The molecule has 3 heterocycles. The molecule has 1 aromatic carbocycles. The van der Waals surface area contributed by atoms with Gasteiger partial charge < -0.3 is 14.4 Å². The summed E-state index contributed by atoms with van der Waals surface area (Å²) in [5.41, 5.74) is 3.85. The monoisotopic (exact) mass is 414 g/mol. The Morgan fingerprint density at radius 3 is 2.85 bits per heavy atom. The van der Waals surface area contributed by atoms with Gasteiger partial charge in [0.05, 0.1) is 12.2 Å². The second-order valence-corrected chi connectivity index (χ2v) is 8.55. The average Bonchev–Trinajstić information content (AvgIpc) is 3.41. The summed E-state index contributed by atoms with van der Waals surface area (Å²) in [7, 11) is 0. The number of benzene rings is 1. The Kier molecular flexibility index (Phi) is 3.85. The van der Waals surface area contributed by atoms with Gasteiger partial charge in [-0.15, -0.1) is 0 Å². The number of carbonyl (C=O) groups excluding carboxylic acids is 1. The van der Waals surface area contributed by atoms with Crippen molar-refractivity contribution in [3.05, 3.63) is 39.8 Å². The Morgan fingerprint density at radius 1 is 1.23 bits per heavy atom. The Balaban J connectivity index is 1.61. The van der Waals surface area contributed by atoms with E-state index >= 15 is 0 Å². The Bertz CT molecular complexity index is 886. The van der Waals surface area contributed by atoms with Crippen molar-refractivity contribution in [3.8, 4) is 0 Å². The lowest BCUT2D eigenvalue weighted by atomic mass is 10.0. The molecule has 26 heavy (non-hydrogen) atoms. The molecule has 1 aliphatic carbocycles. The van der Waals surface area contributed by atoms with E-state index in [2.05, 4.69) is 43.6 Å². The molecule has 0 N–H and O–H groups in total. The number of imidazole rings is 1. The van der Waals surface area contributed by atoms with Gasteiger partial charge in [0.25, 0.3) is 0 Å². The van der Waals surface area contributed by atoms with Crippen LogP contribution in [0.2, 0.25) is 0 Å². The first kappa shape index (κ1) is 16.4. The third kappa shape index (κ3) is 2.66. The summed E-state index contributed by atoms with van der Waals surface area (Å²) in [4.78, 5) is 21.4.